The highest BCUT2D eigenvalue weighted by molar-refractivity contribution is 6.16. The maximum atomic E-state index is 5.09. The van der Waals surface area contributed by atoms with Gasteiger partial charge >= 0.3 is 0 Å². The number of allylic oxidation sites excluding steroid dienone is 1. The molecule has 0 aliphatic heterocycles. The molecule has 0 aromatic carbocycles. The number of methoxy groups -OCH3 is 3. The summed E-state index contributed by atoms with van der Waals surface area (Å²) in [5, 5.41) is 0. The molecule has 0 aromatic heterocycles. The van der Waals surface area contributed by atoms with Crippen LogP contribution in [-0.2, 0) is 14.2 Å². The minimum atomic E-state index is -0.897. The van der Waals surface area contributed by atoms with E-state index in [-0.39, 0.29) is 0 Å². The van der Waals surface area contributed by atoms with E-state index in [9.17, 15) is 0 Å². The highest BCUT2D eigenvalue weighted by atomic mass is 28.1. The van der Waals surface area contributed by atoms with Crippen molar-refractivity contribution in [2.24, 2.45) is 0 Å². The first-order valence-electron chi connectivity index (χ1n) is 3.72. The van der Waals surface area contributed by atoms with Crippen molar-refractivity contribution < 1.29 is 14.2 Å². The zero-order valence-corrected chi connectivity index (χ0v) is 8.79. The molecule has 4 heteroatoms. The summed E-state index contributed by atoms with van der Waals surface area (Å²) in [5.74, 6) is -0.897. The Balaban J connectivity index is 3.92. The quantitative estimate of drug-likeness (QED) is 0.459. The van der Waals surface area contributed by atoms with Gasteiger partial charge in [-0.15, -0.1) is 5.70 Å². The van der Waals surface area contributed by atoms with Gasteiger partial charge in [0.2, 0.25) is 0 Å². The standard InChI is InChI=1S/C8H15O3Si/c1-9-8(10-2,11-3)6-4-5-7-12/h5,7H,4,6H2,1-3H3. The largest absolute Gasteiger partial charge is 0.331 e. The van der Waals surface area contributed by atoms with E-state index < -0.39 is 5.97 Å². The Kier molecular flexibility index (Phi) is 6.28. The molecule has 0 aliphatic carbocycles. The van der Waals surface area contributed by atoms with E-state index in [1.165, 1.54) is 0 Å². The van der Waals surface area contributed by atoms with Crippen molar-refractivity contribution in [2.45, 2.75) is 18.8 Å². The van der Waals surface area contributed by atoms with Gasteiger partial charge in [0.25, 0.3) is 5.97 Å². The minimum absolute atomic E-state index is 0.664. The summed E-state index contributed by atoms with van der Waals surface area (Å²) in [6.07, 6.45) is 3.46. The van der Waals surface area contributed by atoms with Crippen molar-refractivity contribution in [3.63, 3.8) is 0 Å². The molecule has 69 valence electrons. The minimum Gasteiger partial charge on any atom is -0.331 e. The van der Waals surface area contributed by atoms with Crippen LogP contribution in [0.2, 0.25) is 0 Å². The van der Waals surface area contributed by atoms with Gasteiger partial charge in [-0.05, 0) is 6.42 Å². The normalized spacial score (nSPS) is 12.7. The molecule has 0 fully saturated rings. The van der Waals surface area contributed by atoms with E-state index in [1.54, 1.807) is 27.0 Å². The highest BCUT2D eigenvalue weighted by Crippen LogP contribution is 2.18. The summed E-state index contributed by atoms with van der Waals surface area (Å²) < 4.78 is 15.3. The summed E-state index contributed by atoms with van der Waals surface area (Å²) in [5.41, 5.74) is 1.80. The van der Waals surface area contributed by atoms with Gasteiger partial charge in [0.05, 0.1) is 10.2 Å². The second kappa shape index (κ2) is 6.36. The van der Waals surface area contributed by atoms with Crippen LogP contribution in [0.3, 0.4) is 0 Å². The molecule has 0 unspecified atom stereocenters. The Bertz CT molecular complexity index is 124. The Morgan fingerprint density at radius 3 is 2.00 bits per heavy atom. The van der Waals surface area contributed by atoms with E-state index in [1.807, 2.05) is 6.08 Å². The molecule has 0 amide bonds. The Morgan fingerprint density at radius 2 is 1.67 bits per heavy atom. The van der Waals surface area contributed by atoms with Gasteiger partial charge in [0, 0.05) is 27.8 Å². The Hall–Kier alpha value is -0.163. The van der Waals surface area contributed by atoms with Crippen LogP contribution in [0.5, 0.6) is 0 Å². The predicted octanol–water partition coefficient (Wildman–Crippen LogP) is 1.04. The van der Waals surface area contributed by atoms with E-state index in [2.05, 4.69) is 10.2 Å². The van der Waals surface area contributed by atoms with Gasteiger partial charge in [-0.3, -0.25) is 0 Å². The fourth-order valence-electron chi connectivity index (χ4n) is 0.900. The molecule has 0 saturated heterocycles. The van der Waals surface area contributed by atoms with E-state index >= 15 is 0 Å². The zero-order valence-electron chi connectivity index (χ0n) is 7.79. The fraction of sp³-hybridized carbons (Fsp3) is 0.750. The second-order valence-electron chi connectivity index (χ2n) is 2.24. The summed E-state index contributed by atoms with van der Waals surface area (Å²) in [4.78, 5) is 0. The number of rotatable bonds is 6. The summed E-state index contributed by atoms with van der Waals surface area (Å²) in [7, 11) is 7.90. The van der Waals surface area contributed by atoms with Crippen molar-refractivity contribution in [3.8, 4) is 0 Å². The number of hydrogen-bond acceptors (Lipinski definition) is 3. The van der Waals surface area contributed by atoms with Gasteiger partial charge in [-0.1, -0.05) is 6.08 Å². The third kappa shape index (κ3) is 3.49. The van der Waals surface area contributed by atoms with Crippen molar-refractivity contribution in [2.75, 3.05) is 21.3 Å². The van der Waals surface area contributed by atoms with Crippen LogP contribution in [0.25, 0.3) is 0 Å². The fourth-order valence-corrected chi connectivity index (χ4v) is 1.07. The molecule has 12 heavy (non-hydrogen) atoms. The van der Waals surface area contributed by atoms with Crippen molar-refractivity contribution in [3.05, 3.63) is 11.8 Å². The summed E-state index contributed by atoms with van der Waals surface area (Å²) in [6.45, 7) is 0. The average Bonchev–Trinajstić information content (AvgIpc) is 2.14. The van der Waals surface area contributed by atoms with E-state index in [0.717, 1.165) is 6.42 Å². The molecular formula is C8H15O3Si. The predicted molar refractivity (Wildman–Crippen MR) is 47.9 cm³/mol. The maximum Gasteiger partial charge on any atom is 0.282 e. The van der Waals surface area contributed by atoms with Crippen LogP contribution in [0.4, 0.5) is 0 Å². The molecule has 0 spiro atoms. The number of ether oxygens (including phenoxy) is 3. The Morgan fingerprint density at radius 1 is 1.17 bits per heavy atom. The smallest absolute Gasteiger partial charge is 0.282 e. The molecule has 0 aliphatic rings. The molecule has 0 bridgehead atoms. The molecule has 3 nitrogen and oxygen atoms in total. The first-order chi connectivity index (χ1) is 5.74. The van der Waals surface area contributed by atoms with Gasteiger partial charge in [-0.2, -0.15) is 0 Å². The van der Waals surface area contributed by atoms with Crippen LogP contribution in [-0.4, -0.2) is 37.5 Å². The lowest BCUT2D eigenvalue weighted by Gasteiger charge is -2.28. The lowest BCUT2D eigenvalue weighted by molar-refractivity contribution is -0.354. The van der Waals surface area contributed by atoms with Gasteiger partial charge in [0.15, 0.2) is 0 Å². The third-order valence-electron chi connectivity index (χ3n) is 1.67. The summed E-state index contributed by atoms with van der Waals surface area (Å²) in [6, 6.07) is 0. The zero-order chi connectivity index (χ0) is 9.45. The lowest BCUT2D eigenvalue weighted by Crippen LogP contribution is -2.35. The van der Waals surface area contributed by atoms with Crippen molar-refractivity contribution in [1.82, 2.24) is 0 Å². The molecule has 0 atom stereocenters. The molecule has 0 saturated carbocycles. The summed E-state index contributed by atoms with van der Waals surface area (Å²) >= 11 is 0. The van der Waals surface area contributed by atoms with Crippen molar-refractivity contribution in [1.29, 1.82) is 0 Å². The SMILES string of the molecule is COC(CCC=C[Si])(OC)OC. The van der Waals surface area contributed by atoms with E-state index in [0.29, 0.717) is 6.42 Å². The maximum absolute atomic E-state index is 5.09. The highest BCUT2D eigenvalue weighted by Gasteiger charge is 2.27. The topological polar surface area (TPSA) is 27.7 Å². The van der Waals surface area contributed by atoms with Gasteiger partial charge in [-0.25, -0.2) is 0 Å². The molecule has 0 heterocycles. The molecular weight excluding hydrogens is 172 g/mol. The van der Waals surface area contributed by atoms with Gasteiger partial charge < -0.3 is 14.2 Å². The Labute approximate surface area is 77.1 Å². The second-order valence-corrected chi connectivity index (χ2v) is 2.57. The third-order valence-corrected chi connectivity index (χ3v) is 1.90. The molecule has 0 rings (SSSR count). The van der Waals surface area contributed by atoms with Gasteiger partial charge in [0.1, 0.15) is 0 Å². The van der Waals surface area contributed by atoms with Crippen molar-refractivity contribution >= 4 is 10.2 Å². The average molecular weight is 187 g/mol. The van der Waals surface area contributed by atoms with E-state index in [4.69, 9.17) is 14.2 Å². The van der Waals surface area contributed by atoms with Crippen LogP contribution in [0.1, 0.15) is 12.8 Å². The first kappa shape index (κ1) is 11.8. The molecule has 0 aromatic rings. The molecule has 0 N–H and O–H groups in total. The molecule has 3 radical (unpaired) electrons. The monoisotopic (exact) mass is 187 g/mol. The van der Waals surface area contributed by atoms with Crippen LogP contribution < -0.4 is 0 Å². The van der Waals surface area contributed by atoms with Crippen LogP contribution in [0.15, 0.2) is 11.8 Å². The lowest BCUT2D eigenvalue weighted by atomic mass is 10.2. The van der Waals surface area contributed by atoms with Crippen LogP contribution >= 0.6 is 0 Å². The van der Waals surface area contributed by atoms with Crippen LogP contribution in [0, 0.1) is 0 Å². The number of hydrogen-bond donors (Lipinski definition) is 0. The first-order valence-corrected chi connectivity index (χ1v) is 4.30.